The first-order chi connectivity index (χ1) is 16.3. The number of nitrogens with two attached hydrogens (primary N) is 1. The van der Waals surface area contributed by atoms with Crippen LogP contribution in [0.15, 0.2) is 59.4 Å². The average Bonchev–Trinajstić information content (AvgIpc) is 2.82. The number of alkyl halides is 3. The second-order valence-corrected chi connectivity index (χ2v) is 8.51. The van der Waals surface area contributed by atoms with E-state index in [0.29, 0.717) is 29.3 Å². The molecule has 34 heavy (non-hydrogen) atoms. The van der Waals surface area contributed by atoms with Crippen LogP contribution in [0, 0.1) is 0 Å². The van der Waals surface area contributed by atoms with E-state index in [1.807, 2.05) is 37.4 Å². The van der Waals surface area contributed by atoms with Crippen LogP contribution in [0.25, 0.3) is 22.2 Å². The topological polar surface area (TPSA) is 70.9 Å². The first kappa shape index (κ1) is 25.6. The molecule has 2 aromatic carbocycles. The fraction of sp³-hybridized carbons (Fsp3) is 0.370. The Morgan fingerprint density at radius 3 is 2.29 bits per heavy atom. The quantitative estimate of drug-likeness (QED) is 0.226. The molecule has 0 bridgehead atoms. The number of aromatic amines is 1. The predicted octanol–water partition coefficient (Wildman–Crippen LogP) is 6.32. The van der Waals surface area contributed by atoms with Gasteiger partial charge in [0, 0.05) is 22.7 Å². The molecule has 7 heteroatoms. The van der Waals surface area contributed by atoms with E-state index in [2.05, 4.69) is 10.3 Å². The van der Waals surface area contributed by atoms with Gasteiger partial charge in [-0.3, -0.25) is 4.79 Å². The Bertz CT molecular complexity index is 1170. The molecule has 0 radical (unpaired) electrons. The molecule has 1 aromatic heterocycles. The van der Waals surface area contributed by atoms with Crippen LogP contribution in [0.2, 0.25) is 0 Å². The summed E-state index contributed by atoms with van der Waals surface area (Å²) in [4.78, 5) is 14.5. The highest BCUT2D eigenvalue weighted by atomic mass is 19.4. The lowest BCUT2D eigenvalue weighted by Crippen LogP contribution is -2.15. The third kappa shape index (κ3) is 6.50. The Morgan fingerprint density at radius 1 is 0.941 bits per heavy atom. The summed E-state index contributed by atoms with van der Waals surface area (Å²) in [5, 5.41) is 3.12. The normalized spacial score (nSPS) is 12.7. The van der Waals surface area contributed by atoms with Crippen LogP contribution in [0.4, 0.5) is 13.2 Å². The summed E-state index contributed by atoms with van der Waals surface area (Å²) in [6.45, 7) is 1.01. The lowest BCUT2D eigenvalue weighted by molar-refractivity contribution is -0.136. The molecule has 0 unspecified atom stereocenters. The van der Waals surface area contributed by atoms with Gasteiger partial charge in [-0.05, 0) is 55.6 Å². The smallest absolute Gasteiger partial charge is 0.398 e. The van der Waals surface area contributed by atoms with Crippen molar-refractivity contribution >= 4 is 22.2 Å². The van der Waals surface area contributed by atoms with E-state index in [1.54, 1.807) is 12.1 Å². The second-order valence-electron chi connectivity index (χ2n) is 8.51. The lowest BCUT2D eigenvalue weighted by atomic mass is 9.90. The Balaban J connectivity index is 2.00. The first-order valence-corrected chi connectivity index (χ1v) is 11.7. The number of fused-ring (bicyclic) bond motifs is 1. The van der Waals surface area contributed by atoms with Gasteiger partial charge in [0.15, 0.2) is 0 Å². The molecule has 0 saturated carbocycles. The Labute approximate surface area is 198 Å². The number of allylic oxidation sites excluding steroid dienone is 1. The second kappa shape index (κ2) is 11.9. The summed E-state index contributed by atoms with van der Waals surface area (Å²) in [5.41, 5.74) is 7.31. The molecular weight excluding hydrogens is 439 g/mol. The molecule has 1 heterocycles. The van der Waals surface area contributed by atoms with Gasteiger partial charge in [0.1, 0.15) is 0 Å². The van der Waals surface area contributed by atoms with Crippen LogP contribution in [-0.2, 0) is 6.18 Å². The Morgan fingerprint density at radius 2 is 1.62 bits per heavy atom. The van der Waals surface area contributed by atoms with Gasteiger partial charge in [-0.1, -0.05) is 68.1 Å². The fourth-order valence-electron chi connectivity index (χ4n) is 4.31. The van der Waals surface area contributed by atoms with Crippen LogP contribution in [-0.4, -0.2) is 18.6 Å². The summed E-state index contributed by atoms with van der Waals surface area (Å²) in [6.07, 6.45) is 2.16. The van der Waals surface area contributed by atoms with Crippen molar-refractivity contribution in [3.05, 3.63) is 81.6 Å². The lowest BCUT2D eigenvalue weighted by Gasteiger charge is -2.18. The number of aromatic nitrogens is 1. The Hall–Kier alpha value is -3.06. The maximum Gasteiger partial charge on any atom is 0.417 e. The molecule has 0 atom stereocenters. The van der Waals surface area contributed by atoms with E-state index in [9.17, 15) is 18.0 Å². The minimum Gasteiger partial charge on any atom is -0.398 e. The molecule has 4 nitrogen and oxygen atoms in total. The SMILES string of the molecule is CNCCCCCCCC/C(=C(/N)c1ccccc1)c1cccc2[nH]c(=O)cc(C(F)(F)F)c12. The summed E-state index contributed by atoms with van der Waals surface area (Å²) >= 11 is 0. The van der Waals surface area contributed by atoms with E-state index < -0.39 is 17.3 Å². The van der Waals surface area contributed by atoms with Gasteiger partial charge in [-0.25, -0.2) is 0 Å². The maximum atomic E-state index is 13.9. The first-order valence-electron chi connectivity index (χ1n) is 11.7. The van der Waals surface area contributed by atoms with E-state index in [-0.39, 0.29) is 10.9 Å². The van der Waals surface area contributed by atoms with Gasteiger partial charge < -0.3 is 16.0 Å². The van der Waals surface area contributed by atoms with Crippen LogP contribution in [0.3, 0.4) is 0 Å². The average molecular weight is 472 g/mol. The third-order valence-electron chi connectivity index (χ3n) is 6.01. The highest BCUT2D eigenvalue weighted by molar-refractivity contribution is 6.01. The molecule has 0 amide bonds. The summed E-state index contributed by atoms with van der Waals surface area (Å²) in [7, 11) is 1.94. The number of pyridine rings is 1. The molecule has 0 fully saturated rings. The number of hydrogen-bond donors (Lipinski definition) is 3. The molecule has 0 aliphatic carbocycles. The molecule has 0 spiro atoms. The Kier molecular flexibility index (Phi) is 8.93. The van der Waals surface area contributed by atoms with E-state index in [4.69, 9.17) is 5.73 Å². The fourth-order valence-corrected chi connectivity index (χ4v) is 4.31. The van der Waals surface area contributed by atoms with Gasteiger partial charge in [0.05, 0.1) is 5.56 Å². The minimum atomic E-state index is -4.66. The van der Waals surface area contributed by atoms with Gasteiger partial charge in [0.2, 0.25) is 5.56 Å². The van der Waals surface area contributed by atoms with Gasteiger partial charge >= 0.3 is 6.18 Å². The maximum absolute atomic E-state index is 13.9. The monoisotopic (exact) mass is 471 g/mol. The molecular formula is C27H32F3N3O. The summed E-state index contributed by atoms with van der Waals surface area (Å²) < 4.78 is 41.8. The molecule has 3 rings (SSSR count). The van der Waals surface area contributed by atoms with Crippen LogP contribution in [0.1, 0.15) is 61.6 Å². The predicted molar refractivity (Wildman–Crippen MR) is 133 cm³/mol. The number of hydrogen-bond acceptors (Lipinski definition) is 3. The summed E-state index contributed by atoms with van der Waals surface area (Å²) in [6, 6.07) is 14.7. The molecule has 3 aromatic rings. The van der Waals surface area contributed by atoms with E-state index in [0.717, 1.165) is 50.6 Å². The van der Waals surface area contributed by atoms with Crippen molar-refractivity contribution in [1.82, 2.24) is 10.3 Å². The number of rotatable bonds is 11. The van der Waals surface area contributed by atoms with Crippen molar-refractivity contribution in [2.75, 3.05) is 13.6 Å². The van der Waals surface area contributed by atoms with Crippen LogP contribution in [0.5, 0.6) is 0 Å². The number of halogens is 3. The number of nitrogens with one attached hydrogen (secondary N) is 2. The van der Waals surface area contributed by atoms with Crippen molar-refractivity contribution in [3.8, 4) is 0 Å². The largest absolute Gasteiger partial charge is 0.417 e. The van der Waals surface area contributed by atoms with E-state index >= 15 is 0 Å². The molecule has 182 valence electrons. The highest BCUT2D eigenvalue weighted by Gasteiger charge is 2.34. The van der Waals surface area contributed by atoms with Crippen LogP contribution < -0.4 is 16.6 Å². The highest BCUT2D eigenvalue weighted by Crippen LogP contribution is 2.39. The number of benzene rings is 2. The zero-order valence-electron chi connectivity index (χ0n) is 19.5. The molecule has 0 aliphatic heterocycles. The standard InChI is InChI=1S/C27H32F3N3O/c1-32-17-10-5-3-2-4-9-14-21(26(31)19-12-7-6-8-13-19)20-15-11-16-23-25(20)22(27(28,29)30)18-24(34)33-23/h6-8,11-13,15-16,18,32H,2-5,9-10,14,17,31H2,1H3,(H,33,34)/b26-21-. The number of unbranched alkanes of at least 4 members (excludes halogenated alkanes) is 5. The van der Waals surface area contributed by atoms with Crippen molar-refractivity contribution in [3.63, 3.8) is 0 Å². The van der Waals surface area contributed by atoms with Gasteiger partial charge in [-0.2, -0.15) is 13.2 Å². The number of H-pyrrole nitrogens is 1. The molecule has 4 N–H and O–H groups in total. The molecule has 0 saturated heterocycles. The zero-order chi connectivity index (χ0) is 24.6. The van der Waals surface area contributed by atoms with Crippen molar-refractivity contribution in [2.45, 2.75) is 51.1 Å². The van der Waals surface area contributed by atoms with Crippen molar-refractivity contribution in [2.24, 2.45) is 5.73 Å². The van der Waals surface area contributed by atoms with Gasteiger partial charge in [0.25, 0.3) is 0 Å². The summed E-state index contributed by atoms with van der Waals surface area (Å²) in [5.74, 6) is 0. The zero-order valence-corrected chi connectivity index (χ0v) is 19.5. The van der Waals surface area contributed by atoms with E-state index in [1.165, 1.54) is 6.07 Å². The van der Waals surface area contributed by atoms with Crippen LogP contribution >= 0.6 is 0 Å². The third-order valence-corrected chi connectivity index (χ3v) is 6.01. The van der Waals surface area contributed by atoms with Crippen molar-refractivity contribution in [1.29, 1.82) is 0 Å². The molecule has 0 aliphatic rings. The minimum absolute atomic E-state index is 0.0180. The van der Waals surface area contributed by atoms with Gasteiger partial charge in [-0.15, -0.1) is 0 Å². The van der Waals surface area contributed by atoms with Crippen molar-refractivity contribution < 1.29 is 13.2 Å².